The highest BCUT2D eigenvalue weighted by Crippen LogP contribution is 2.24. The predicted molar refractivity (Wildman–Crippen MR) is 82.4 cm³/mol. The van der Waals surface area contributed by atoms with Gasteiger partial charge < -0.3 is 5.11 Å². The van der Waals surface area contributed by atoms with Gasteiger partial charge in [-0.3, -0.25) is 0 Å². The zero-order valence-corrected chi connectivity index (χ0v) is 12.8. The molecule has 0 aliphatic carbocycles. The zero-order chi connectivity index (χ0) is 15.0. The van der Waals surface area contributed by atoms with Crippen LogP contribution in [0.4, 0.5) is 0 Å². The van der Waals surface area contributed by atoms with Crippen molar-refractivity contribution in [2.24, 2.45) is 0 Å². The maximum atomic E-state index is 11.0. The molecule has 2 aromatic carbocycles. The number of carboxylic acid groups (broad SMARTS) is 1. The molecule has 0 aliphatic rings. The number of halogens is 1. The molecule has 1 unspecified atom stereocenters. The Hall–Kier alpha value is -2.21. The Bertz CT molecular complexity index is 829. The van der Waals surface area contributed by atoms with E-state index in [1.165, 1.54) is 6.07 Å². The fourth-order valence-electron chi connectivity index (χ4n) is 2.27. The second kappa shape index (κ2) is 5.29. The number of rotatable bonds is 3. The molecule has 0 bridgehead atoms. The molecule has 0 radical (unpaired) electrons. The molecule has 6 heteroatoms. The molecule has 0 amide bonds. The summed E-state index contributed by atoms with van der Waals surface area (Å²) in [5, 5.41) is 17.2. The summed E-state index contributed by atoms with van der Waals surface area (Å²) in [5.41, 5.74) is 2.70. The molecule has 1 N–H and O–H groups in total. The van der Waals surface area contributed by atoms with E-state index in [9.17, 15) is 4.79 Å². The number of hydrogen-bond acceptors (Lipinski definition) is 3. The van der Waals surface area contributed by atoms with Crippen LogP contribution in [0.1, 0.15) is 28.9 Å². The molecule has 1 heterocycles. The number of nitrogens with zero attached hydrogens (tertiary/aromatic N) is 3. The number of carboxylic acids is 1. The standard InChI is InChI=1S/C15H12BrN3O2/c1-9(10-3-2-4-12(16)7-10)19-14-6-5-11(15(20)21)8-13(14)17-18-19/h2-9H,1H3,(H,20,21). The van der Waals surface area contributed by atoms with Gasteiger partial charge in [-0.15, -0.1) is 5.10 Å². The summed E-state index contributed by atoms with van der Waals surface area (Å²) in [6.07, 6.45) is 0. The van der Waals surface area contributed by atoms with E-state index in [0.29, 0.717) is 5.52 Å². The first kappa shape index (κ1) is 13.8. The Balaban J connectivity index is 2.06. The summed E-state index contributed by atoms with van der Waals surface area (Å²) in [6, 6.07) is 12.8. The lowest BCUT2D eigenvalue weighted by Gasteiger charge is -2.13. The molecule has 0 fully saturated rings. The second-order valence-electron chi connectivity index (χ2n) is 4.77. The van der Waals surface area contributed by atoms with Gasteiger partial charge in [0.15, 0.2) is 0 Å². The lowest BCUT2D eigenvalue weighted by molar-refractivity contribution is 0.0697. The van der Waals surface area contributed by atoms with Crippen LogP contribution in [0, 0.1) is 0 Å². The minimum Gasteiger partial charge on any atom is -0.478 e. The van der Waals surface area contributed by atoms with Crippen molar-refractivity contribution in [3.8, 4) is 0 Å². The van der Waals surface area contributed by atoms with Crippen LogP contribution in [0.2, 0.25) is 0 Å². The molecule has 5 nitrogen and oxygen atoms in total. The summed E-state index contributed by atoms with van der Waals surface area (Å²) >= 11 is 3.46. The van der Waals surface area contributed by atoms with Crippen LogP contribution >= 0.6 is 15.9 Å². The van der Waals surface area contributed by atoms with E-state index in [0.717, 1.165) is 15.6 Å². The summed E-state index contributed by atoms with van der Waals surface area (Å²) in [4.78, 5) is 11.0. The molecule has 1 atom stereocenters. The van der Waals surface area contributed by atoms with Crippen molar-refractivity contribution < 1.29 is 9.90 Å². The van der Waals surface area contributed by atoms with Gasteiger partial charge in [-0.25, -0.2) is 9.48 Å². The molecule has 0 saturated carbocycles. The van der Waals surface area contributed by atoms with Crippen LogP contribution in [0.25, 0.3) is 11.0 Å². The molecule has 106 valence electrons. The van der Waals surface area contributed by atoms with Crippen molar-refractivity contribution in [3.05, 3.63) is 58.1 Å². The molecule has 21 heavy (non-hydrogen) atoms. The molecule has 3 aromatic rings. The number of hydrogen-bond donors (Lipinski definition) is 1. The first-order valence-corrected chi connectivity index (χ1v) is 7.19. The first-order chi connectivity index (χ1) is 10.1. The Morgan fingerprint density at radius 2 is 2.10 bits per heavy atom. The maximum absolute atomic E-state index is 11.0. The molecule has 3 rings (SSSR count). The van der Waals surface area contributed by atoms with Gasteiger partial charge >= 0.3 is 5.97 Å². The lowest BCUT2D eigenvalue weighted by atomic mass is 10.1. The summed E-state index contributed by atoms with van der Waals surface area (Å²) in [6.45, 7) is 2.03. The first-order valence-electron chi connectivity index (χ1n) is 6.40. The van der Waals surface area contributed by atoms with Gasteiger partial charge in [-0.05, 0) is 42.8 Å². The fraction of sp³-hybridized carbons (Fsp3) is 0.133. The third-order valence-corrected chi connectivity index (χ3v) is 3.91. The maximum Gasteiger partial charge on any atom is 0.335 e. The van der Waals surface area contributed by atoms with Crippen LogP contribution in [0.3, 0.4) is 0 Å². The molecule has 0 spiro atoms. The minimum absolute atomic E-state index is 0.00294. The van der Waals surface area contributed by atoms with Crippen LogP contribution < -0.4 is 0 Å². The Labute approximate surface area is 129 Å². The van der Waals surface area contributed by atoms with Gasteiger partial charge in [0.2, 0.25) is 0 Å². The highest BCUT2D eigenvalue weighted by atomic mass is 79.9. The van der Waals surface area contributed by atoms with E-state index in [1.54, 1.807) is 16.8 Å². The Kier molecular flexibility index (Phi) is 3.47. The average Bonchev–Trinajstić information content (AvgIpc) is 2.89. The van der Waals surface area contributed by atoms with E-state index in [2.05, 4.69) is 26.2 Å². The van der Waals surface area contributed by atoms with Crippen molar-refractivity contribution in [1.29, 1.82) is 0 Å². The van der Waals surface area contributed by atoms with Gasteiger partial charge in [-0.1, -0.05) is 33.3 Å². The minimum atomic E-state index is -0.966. The number of fused-ring (bicyclic) bond motifs is 1. The Morgan fingerprint density at radius 1 is 1.29 bits per heavy atom. The number of aromatic carboxylic acids is 1. The molecule has 0 aliphatic heterocycles. The monoisotopic (exact) mass is 345 g/mol. The highest BCUT2D eigenvalue weighted by molar-refractivity contribution is 9.10. The molecular weight excluding hydrogens is 334 g/mol. The van der Waals surface area contributed by atoms with E-state index < -0.39 is 5.97 Å². The third-order valence-electron chi connectivity index (χ3n) is 3.42. The summed E-state index contributed by atoms with van der Waals surface area (Å²) in [5.74, 6) is -0.966. The van der Waals surface area contributed by atoms with Crippen molar-refractivity contribution in [3.63, 3.8) is 0 Å². The fourth-order valence-corrected chi connectivity index (χ4v) is 2.69. The van der Waals surface area contributed by atoms with Crippen LogP contribution in [0.15, 0.2) is 46.9 Å². The topological polar surface area (TPSA) is 68.0 Å². The van der Waals surface area contributed by atoms with Gasteiger partial charge in [0.1, 0.15) is 5.52 Å². The van der Waals surface area contributed by atoms with E-state index in [4.69, 9.17) is 5.11 Å². The van der Waals surface area contributed by atoms with E-state index >= 15 is 0 Å². The average molecular weight is 346 g/mol. The number of carbonyl (C=O) groups is 1. The number of benzene rings is 2. The molecule has 1 aromatic heterocycles. The van der Waals surface area contributed by atoms with Crippen molar-refractivity contribution in [2.45, 2.75) is 13.0 Å². The van der Waals surface area contributed by atoms with Crippen molar-refractivity contribution >= 4 is 32.9 Å². The van der Waals surface area contributed by atoms with Gasteiger partial charge in [0, 0.05) is 4.47 Å². The predicted octanol–water partition coefficient (Wildman–Crippen LogP) is 3.50. The van der Waals surface area contributed by atoms with Crippen molar-refractivity contribution in [2.75, 3.05) is 0 Å². The molecular formula is C15H12BrN3O2. The highest BCUT2D eigenvalue weighted by Gasteiger charge is 2.15. The van der Waals surface area contributed by atoms with Crippen LogP contribution in [-0.4, -0.2) is 26.1 Å². The Morgan fingerprint density at radius 3 is 2.81 bits per heavy atom. The van der Waals surface area contributed by atoms with Gasteiger partial charge in [0.05, 0.1) is 17.1 Å². The SMILES string of the molecule is CC(c1cccc(Br)c1)n1nnc2cc(C(=O)O)ccc21. The summed E-state index contributed by atoms with van der Waals surface area (Å²) in [7, 11) is 0. The largest absolute Gasteiger partial charge is 0.478 e. The van der Waals surface area contributed by atoms with Gasteiger partial charge in [-0.2, -0.15) is 0 Å². The van der Waals surface area contributed by atoms with Crippen molar-refractivity contribution in [1.82, 2.24) is 15.0 Å². The van der Waals surface area contributed by atoms with Crippen LogP contribution in [-0.2, 0) is 0 Å². The zero-order valence-electron chi connectivity index (χ0n) is 11.2. The lowest BCUT2D eigenvalue weighted by Crippen LogP contribution is -2.08. The molecule has 0 saturated heterocycles. The van der Waals surface area contributed by atoms with E-state index in [-0.39, 0.29) is 11.6 Å². The smallest absolute Gasteiger partial charge is 0.335 e. The number of aromatic nitrogens is 3. The summed E-state index contributed by atoms with van der Waals surface area (Å²) < 4.78 is 2.80. The quantitative estimate of drug-likeness (QED) is 0.788. The van der Waals surface area contributed by atoms with E-state index in [1.807, 2.05) is 31.2 Å². The van der Waals surface area contributed by atoms with Crippen LogP contribution in [0.5, 0.6) is 0 Å². The van der Waals surface area contributed by atoms with Gasteiger partial charge in [0.25, 0.3) is 0 Å². The second-order valence-corrected chi connectivity index (χ2v) is 5.69. The normalized spacial score (nSPS) is 12.5. The third kappa shape index (κ3) is 2.54.